The molecule has 4 aromatic rings. The minimum Gasteiger partial charge on any atom is -0.481 e. The number of hydrogen-bond donors (Lipinski definition) is 0. The van der Waals surface area contributed by atoms with Crippen LogP contribution in [0.15, 0.2) is 30.3 Å². The van der Waals surface area contributed by atoms with Gasteiger partial charge in [0, 0.05) is 16.7 Å². The highest BCUT2D eigenvalue weighted by Gasteiger charge is 2.18. The van der Waals surface area contributed by atoms with E-state index in [1.54, 1.807) is 7.11 Å². The van der Waals surface area contributed by atoms with Gasteiger partial charge in [0.2, 0.25) is 5.88 Å². The summed E-state index contributed by atoms with van der Waals surface area (Å²) in [6.07, 6.45) is 0. The van der Waals surface area contributed by atoms with Crippen molar-refractivity contribution in [2.45, 2.75) is 20.8 Å². The summed E-state index contributed by atoms with van der Waals surface area (Å²) in [5.41, 5.74) is 6.37. The maximum absolute atomic E-state index is 6.24. The van der Waals surface area contributed by atoms with Crippen molar-refractivity contribution in [1.82, 2.24) is 19.4 Å². The Bertz CT molecular complexity index is 1130. The highest BCUT2D eigenvalue weighted by atomic mass is 35.5. The van der Waals surface area contributed by atoms with Crippen molar-refractivity contribution in [3.05, 3.63) is 52.3 Å². The Labute approximate surface area is 150 Å². The molecule has 0 atom stereocenters. The Morgan fingerprint density at radius 3 is 2.48 bits per heavy atom. The summed E-state index contributed by atoms with van der Waals surface area (Å²) < 4.78 is 7.35. The Morgan fingerprint density at radius 1 is 0.960 bits per heavy atom. The standard InChI is InChI=1S/C19H17ClN4O/c1-10-5-6-13(20)9-14(10)18-22-12(3)17-11(2)21-15-7-8-16(25-4)23-19(15)24(17)18/h5-9H,1-4H3. The minimum atomic E-state index is 0.541. The van der Waals surface area contributed by atoms with Crippen LogP contribution in [0, 0.1) is 20.8 Å². The maximum atomic E-state index is 6.24. The van der Waals surface area contributed by atoms with Gasteiger partial charge in [-0.05, 0) is 44.5 Å². The van der Waals surface area contributed by atoms with Crippen LogP contribution in [0.3, 0.4) is 0 Å². The van der Waals surface area contributed by atoms with Crippen LogP contribution in [0.5, 0.6) is 5.88 Å². The second-order valence-electron chi connectivity index (χ2n) is 6.06. The van der Waals surface area contributed by atoms with Crippen molar-refractivity contribution in [3.63, 3.8) is 0 Å². The number of ether oxygens (including phenoxy) is 1. The molecule has 126 valence electrons. The van der Waals surface area contributed by atoms with E-state index in [1.807, 2.05) is 55.5 Å². The van der Waals surface area contributed by atoms with E-state index in [1.165, 1.54) is 0 Å². The van der Waals surface area contributed by atoms with Crippen molar-refractivity contribution in [2.24, 2.45) is 0 Å². The topological polar surface area (TPSA) is 52.3 Å². The smallest absolute Gasteiger partial charge is 0.215 e. The molecule has 1 aromatic carbocycles. The zero-order chi connectivity index (χ0) is 17.7. The summed E-state index contributed by atoms with van der Waals surface area (Å²) in [5, 5.41) is 0.677. The summed E-state index contributed by atoms with van der Waals surface area (Å²) in [7, 11) is 1.61. The summed E-state index contributed by atoms with van der Waals surface area (Å²) in [5.74, 6) is 1.35. The maximum Gasteiger partial charge on any atom is 0.215 e. The fourth-order valence-electron chi connectivity index (χ4n) is 3.20. The average molecular weight is 353 g/mol. The van der Waals surface area contributed by atoms with Gasteiger partial charge in [-0.25, -0.2) is 9.97 Å². The lowest BCUT2D eigenvalue weighted by Crippen LogP contribution is -2.01. The molecule has 0 aliphatic heterocycles. The number of pyridine rings is 1. The zero-order valence-electron chi connectivity index (χ0n) is 14.5. The van der Waals surface area contributed by atoms with Gasteiger partial charge in [0.15, 0.2) is 5.65 Å². The monoisotopic (exact) mass is 352 g/mol. The molecule has 0 aliphatic rings. The molecule has 0 fully saturated rings. The number of methoxy groups -OCH3 is 1. The van der Waals surface area contributed by atoms with E-state index in [-0.39, 0.29) is 0 Å². The van der Waals surface area contributed by atoms with Gasteiger partial charge in [0.1, 0.15) is 11.3 Å². The van der Waals surface area contributed by atoms with Gasteiger partial charge < -0.3 is 4.74 Å². The predicted molar refractivity (Wildman–Crippen MR) is 99.5 cm³/mol. The first-order valence-corrected chi connectivity index (χ1v) is 8.34. The van der Waals surface area contributed by atoms with E-state index in [9.17, 15) is 0 Å². The zero-order valence-corrected chi connectivity index (χ0v) is 15.2. The van der Waals surface area contributed by atoms with Crippen LogP contribution in [0.25, 0.3) is 28.1 Å². The normalized spacial score (nSPS) is 11.4. The number of halogens is 1. The third-order valence-corrected chi connectivity index (χ3v) is 4.61. The van der Waals surface area contributed by atoms with Gasteiger partial charge in [0.25, 0.3) is 0 Å². The van der Waals surface area contributed by atoms with Crippen LogP contribution < -0.4 is 4.74 Å². The predicted octanol–water partition coefficient (Wildman–Crippen LogP) is 4.53. The number of rotatable bonds is 2. The molecule has 0 spiro atoms. The van der Waals surface area contributed by atoms with E-state index in [2.05, 4.69) is 9.97 Å². The molecule has 6 heteroatoms. The van der Waals surface area contributed by atoms with Crippen LogP contribution in [0.1, 0.15) is 17.0 Å². The summed E-state index contributed by atoms with van der Waals surface area (Å²) in [4.78, 5) is 14.1. The third-order valence-electron chi connectivity index (χ3n) is 4.37. The lowest BCUT2D eigenvalue weighted by molar-refractivity contribution is 0.399. The van der Waals surface area contributed by atoms with Gasteiger partial charge >= 0.3 is 0 Å². The molecular weight excluding hydrogens is 336 g/mol. The van der Waals surface area contributed by atoms with Crippen LogP contribution in [-0.2, 0) is 0 Å². The summed E-state index contributed by atoms with van der Waals surface area (Å²) in [6, 6.07) is 9.55. The molecule has 0 N–H and O–H groups in total. The molecule has 0 saturated heterocycles. The van der Waals surface area contributed by atoms with E-state index in [4.69, 9.17) is 21.3 Å². The molecule has 4 rings (SSSR count). The fraction of sp³-hybridized carbons (Fsp3) is 0.211. The molecule has 0 unspecified atom stereocenters. The van der Waals surface area contributed by atoms with Gasteiger partial charge in [-0.2, -0.15) is 4.98 Å². The Kier molecular flexibility index (Phi) is 3.62. The van der Waals surface area contributed by atoms with Crippen molar-refractivity contribution < 1.29 is 4.74 Å². The largest absolute Gasteiger partial charge is 0.481 e. The molecule has 0 saturated carbocycles. The number of nitrogens with zero attached hydrogens (tertiary/aromatic N) is 4. The molecule has 0 bridgehead atoms. The van der Waals surface area contributed by atoms with Crippen molar-refractivity contribution >= 4 is 28.3 Å². The van der Waals surface area contributed by atoms with Crippen molar-refractivity contribution in [1.29, 1.82) is 0 Å². The molecule has 0 aliphatic carbocycles. The van der Waals surface area contributed by atoms with Gasteiger partial charge in [0.05, 0.1) is 24.0 Å². The van der Waals surface area contributed by atoms with E-state index in [0.29, 0.717) is 10.9 Å². The summed E-state index contributed by atoms with van der Waals surface area (Å²) in [6.45, 7) is 6.02. The quantitative estimate of drug-likeness (QED) is 0.531. The molecule has 5 nitrogen and oxygen atoms in total. The van der Waals surface area contributed by atoms with E-state index in [0.717, 1.165) is 45.0 Å². The lowest BCUT2D eigenvalue weighted by Gasteiger charge is -2.10. The van der Waals surface area contributed by atoms with E-state index < -0.39 is 0 Å². The number of benzene rings is 1. The molecule has 3 heterocycles. The number of imidazole rings is 1. The Hall–Kier alpha value is -2.66. The first-order valence-electron chi connectivity index (χ1n) is 7.96. The van der Waals surface area contributed by atoms with E-state index >= 15 is 0 Å². The number of aromatic nitrogens is 4. The number of hydrogen-bond acceptors (Lipinski definition) is 4. The molecule has 0 amide bonds. The number of fused-ring (bicyclic) bond motifs is 3. The summed E-state index contributed by atoms with van der Waals surface area (Å²) >= 11 is 6.24. The molecule has 0 radical (unpaired) electrons. The highest BCUT2D eigenvalue weighted by Crippen LogP contribution is 2.31. The fourth-order valence-corrected chi connectivity index (χ4v) is 3.37. The first kappa shape index (κ1) is 15.8. The Morgan fingerprint density at radius 2 is 1.72 bits per heavy atom. The van der Waals surface area contributed by atoms with Gasteiger partial charge in [-0.3, -0.25) is 4.40 Å². The Balaban J connectivity index is 2.20. The molecule has 3 aromatic heterocycles. The first-order chi connectivity index (χ1) is 12.0. The molecule has 25 heavy (non-hydrogen) atoms. The second kappa shape index (κ2) is 5.70. The number of aryl methyl sites for hydroxylation is 3. The molecular formula is C19H17ClN4O. The SMILES string of the molecule is COc1ccc2nc(C)c3c(C)nc(-c4cc(Cl)ccc4C)n3c2n1. The van der Waals surface area contributed by atoms with Crippen molar-refractivity contribution in [2.75, 3.05) is 7.11 Å². The van der Waals surface area contributed by atoms with Crippen LogP contribution in [0.4, 0.5) is 0 Å². The lowest BCUT2D eigenvalue weighted by atomic mass is 10.1. The minimum absolute atomic E-state index is 0.541. The van der Waals surface area contributed by atoms with Crippen LogP contribution in [-0.4, -0.2) is 26.5 Å². The average Bonchev–Trinajstić information content (AvgIpc) is 2.95. The van der Waals surface area contributed by atoms with Crippen LogP contribution in [0.2, 0.25) is 5.02 Å². The third kappa shape index (κ3) is 2.43. The van der Waals surface area contributed by atoms with Crippen LogP contribution >= 0.6 is 11.6 Å². The van der Waals surface area contributed by atoms with Gasteiger partial charge in [-0.1, -0.05) is 17.7 Å². The van der Waals surface area contributed by atoms with Crippen molar-refractivity contribution in [3.8, 4) is 17.3 Å². The highest BCUT2D eigenvalue weighted by molar-refractivity contribution is 6.30. The second-order valence-corrected chi connectivity index (χ2v) is 6.49. The van der Waals surface area contributed by atoms with Gasteiger partial charge in [-0.15, -0.1) is 0 Å².